The highest BCUT2D eigenvalue weighted by atomic mass is 32.1. The molecule has 2 unspecified atom stereocenters. The normalized spacial score (nSPS) is 20.3. The topological polar surface area (TPSA) is 58.6 Å². The summed E-state index contributed by atoms with van der Waals surface area (Å²) in [5.41, 5.74) is 1.05. The van der Waals surface area contributed by atoms with Gasteiger partial charge >= 0.3 is 0 Å². The molecule has 2 aromatic rings. The van der Waals surface area contributed by atoms with E-state index in [-0.39, 0.29) is 11.8 Å². The number of carbonyl (C=O) groups is 2. The summed E-state index contributed by atoms with van der Waals surface area (Å²) in [5, 5.41) is 4.93. The largest absolute Gasteiger partial charge is 0.385 e. The molecule has 1 N–H and O–H groups in total. The molecule has 2 heterocycles. The van der Waals surface area contributed by atoms with E-state index >= 15 is 0 Å². The minimum Gasteiger partial charge on any atom is -0.385 e. The van der Waals surface area contributed by atoms with Gasteiger partial charge in [-0.2, -0.15) is 0 Å². The Balaban J connectivity index is 1.76. The lowest BCUT2D eigenvalue weighted by molar-refractivity contribution is -0.149. The lowest BCUT2D eigenvalue weighted by Gasteiger charge is -2.39. The van der Waals surface area contributed by atoms with Gasteiger partial charge in [-0.25, -0.2) is 0 Å². The van der Waals surface area contributed by atoms with Crippen LogP contribution in [-0.2, 0) is 27.2 Å². The average molecular weight is 372 g/mol. The molecule has 2 amide bonds. The Labute approximate surface area is 158 Å². The van der Waals surface area contributed by atoms with Gasteiger partial charge in [-0.1, -0.05) is 36.4 Å². The van der Waals surface area contributed by atoms with Crippen LogP contribution in [0.25, 0.3) is 0 Å². The predicted octanol–water partition coefficient (Wildman–Crippen LogP) is 2.27. The third kappa shape index (κ3) is 4.51. The van der Waals surface area contributed by atoms with Crippen molar-refractivity contribution in [2.24, 2.45) is 0 Å². The molecular weight excluding hydrogens is 348 g/mol. The third-order valence-electron chi connectivity index (χ3n) is 4.58. The van der Waals surface area contributed by atoms with Gasteiger partial charge in [0.25, 0.3) is 0 Å². The number of thiophene rings is 1. The van der Waals surface area contributed by atoms with Crippen LogP contribution in [0, 0.1) is 0 Å². The first-order chi connectivity index (χ1) is 12.7. The van der Waals surface area contributed by atoms with Gasteiger partial charge in [0.05, 0.1) is 0 Å². The van der Waals surface area contributed by atoms with Crippen LogP contribution in [0.5, 0.6) is 0 Å². The van der Waals surface area contributed by atoms with Crippen molar-refractivity contribution >= 4 is 23.2 Å². The van der Waals surface area contributed by atoms with E-state index in [1.807, 2.05) is 47.8 Å². The zero-order valence-electron chi connectivity index (χ0n) is 14.9. The molecule has 1 aliphatic rings. The summed E-state index contributed by atoms with van der Waals surface area (Å²) in [6.45, 7) is 1.09. The molecule has 1 fully saturated rings. The maximum Gasteiger partial charge on any atom is 0.246 e. The zero-order chi connectivity index (χ0) is 18.4. The molecule has 6 heteroatoms. The van der Waals surface area contributed by atoms with Crippen LogP contribution in [0.3, 0.4) is 0 Å². The molecule has 1 saturated heterocycles. The van der Waals surface area contributed by atoms with E-state index in [0.717, 1.165) is 10.4 Å². The number of carbonyl (C=O) groups excluding carboxylic acids is 2. The number of methoxy groups -OCH3 is 1. The number of ether oxygens (including phenoxy) is 1. The molecule has 0 saturated carbocycles. The van der Waals surface area contributed by atoms with Crippen LogP contribution in [0.2, 0.25) is 0 Å². The van der Waals surface area contributed by atoms with Gasteiger partial charge in [0.1, 0.15) is 12.1 Å². The minimum atomic E-state index is -0.490. The second-order valence-corrected chi connectivity index (χ2v) is 7.46. The Bertz CT molecular complexity index is 718. The summed E-state index contributed by atoms with van der Waals surface area (Å²) in [6.07, 6.45) is 1.78. The lowest BCUT2D eigenvalue weighted by atomic mass is 9.98. The maximum atomic E-state index is 13.1. The summed E-state index contributed by atoms with van der Waals surface area (Å²) >= 11 is 1.60. The Hall–Kier alpha value is -2.18. The molecule has 3 rings (SSSR count). The van der Waals surface area contributed by atoms with Gasteiger partial charge in [0, 0.05) is 38.0 Å². The van der Waals surface area contributed by atoms with Crippen molar-refractivity contribution in [3.8, 4) is 0 Å². The molecule has 26 heavy (non-hydrogen) atoms. The highest BCUT2D eigenvalue weighted by Crippen LogP contribution is 2.20. The lowest BCUT2D eigenvalue weighted by Crippen LogP contribution is -2.64. The van der Waals surface area contributed by atoms with Crippen LogP contribution in [0.1, 0.15) is 16.9 Å². The minimum absolute atomic E-state index is 0.00460. The second kappa shape index (κ2) is 8.96. The van der Waals surface area contributed by atoms with Crippen molar-refractivity contribution in [2.45, 2.75) is 31.3 Å². The fourth-order valence-electron chi connectivity index (χ4n) is 3.28. The fraction of sp³-hybridized carbons (Fsp3) is 0.400. The van der Waals surface area contributed by atoms with Crippen molar-refractivity contribution in [3.05, 3.63) is 58.3 Å². The molecule has 0 bridgehead atoms. The summed E-state index contributed by atoms with van der Waals surface area (Å²) in [5.74, 6) is -0.0811. The molecule has 1 aliphatic heterocycles. The molecule has 2 atom stereocenters. The van der Waals surface area contributed by atoms with Crippen molar-refractivity contribution in [1.82, 2.24) is 10.2 Å². The summed E-state index contributed by atoms with van der Waals surface area (Å²) in [7, 11) is 1.64. The maximum absolute atomic E-state index is 13.1. The first-order valence-corrected chi connectivity index (χ1v) is 9.73. The number of hydrogen-bond donors (Lipinski definition) is 1. The van der Waals surface area contributed by atoms with Crippen molar-refractivity contribution in [2.75, 3.05) is 20.3 Å². The Morgan fingerprint density at radius 1 is 1.12 bits per heavy atom. The summed E-state index contributed by atoms with van der Waals surface area (Å²) in [6, 6.07) is 12.8. The number of nitrogens with zero attached hydrogens (tertiary/aromatic N) is 1. The van der Waals surface area contributed by atoms with E-state index in [2.05, 4.69) is 5.32 Å². The molecule has 138 valence electrons. The zero-order valence-corrected chi connectivity index (χ0v) is 15.7. The van der Waals surface area contributed by atoms with E-state index in [0.29, 0.717) is 32.4 Å². The van der Waals surface area contributed by atoms with E-state index in [1.165, 1.54) is 0 Å². The first-order valence-electron chi connectivity index (χ1n) is 8.85. The van der Waals surface area contributed by atoms with Crippen LogP contribution in [0.4, 0.5) is 0 Å². The number of rotatable bonds is 8. The number of benzene rings is 1. The van der Waals surface area contributed by atoms with E-state index < -0.39 is 12.1 Å². The van der Waals surface area contributed by atoms with Gasteiger partial charge in [0.2, 0.25) is 11.8 Å². The quantitative estimate of drug-likeness (QED) is 0.723. The fourth-order valence-corrected chi connectivity index (χ4v) is 4.03. The molecule has 1 aromatic carbocycles. The Morgan fingerprint density at radius 3 is 2.62 bits per heavy atom. The van der Waals surface area contributed by atoms with Crippen LogP contribution < -0.4 is 5.32 Å². The molecule has 1 aromatic heterocycles. The van der Waals surface area contributed by atoms with Gasteiger partial charge in [-0.3, -0.25) is 9.59 Å². The third-order valence-corrected chi connectivity index (χ3v) is 5.48. The van der Waals surface area contributed by atoms with E-state index in [4.69, 9.17) is 4.74 Å². The van der Waals surface area contributed by atoms with Gasteiger partial charge in [-0.05, 0) is 23.4 Å². The van der Waals surface area contributed by atoms with E-state index in [1.54, 1.807) is 23.3 Å². The molecule has 0 spiro atoms. The predicted molar refractivity (Wildman–Crippen MR) is 102 cm³/mol. The standard InChI is InChI=1S/C20H24N2O3S/c1-25-11-6-10-22-18(13-15-7-3-2-4-8-15)19(23)21-17(20(22)24)14-16-9-5-12-26-16/h2-5,7-9,12,17-18H,6,10-11,13-14H2,1H3,(H,21,23). The number of hydrogen-bond acceptors (Lipinski definition) is 4. The monoisotopic (exact) mass is 372 g/mol. The van der Waals surface area contributed by atoms with Gasteiger partial charge in [0.15, 0.2) is 0 Å². The number of nitrogens with one attached hydrogen (secondary N) is 1. The number of piperazine rings is 1. The summed E-state index contributed by atoms with van der Waals surface area (Å²) < 4.78 is 5.12. The van der Waals surface area contributed by atoms with Crippen LogP contribution in [0.15, 0.2) is 47.8 Å². The Kier molecular flexibility index (Phi) is 6.41. The van der Waals surface area contributed by atoms with Crippen molar-refractivity contribution in [3.63, 3.8) is 0 Å². The highest BCUT2D eigenvalue weighted by Gasteiger charge is 2.40. The van der Waals surface area contributed by atoms with Gasteiger partial charge in [-0.15, -0.1) is 11.3 Å². The molecular formula is C20H24N2O3S. The molecule has 0 aliphatic carbocycles. The number of amides is 2. The van der Waals surface area contributed by atoms with Crippen molar-refractivity contribution in [1.29, 1.82) is 0 Å². The van der Waals surface area contributed by atoms with E-state index in [9.17, 15) is 9.59 Å². The second-order valence-electron chi connectivity index (χ2n) is 6.43. The first kappa shape index (κ1) is 18.6. The van der Waals surface area contributed by atoms with Crippen LogP contribution >= 0.6 is 11.3 Å². The SMILES string of the molecule is COCCCN1C(=O)C(Cc2cccs2)NC(=O)C1Cc1ccccc1. The average Bonchev–Trinajstić information content (AvgIpc) is 3.16. The van der Waals surface area contributed by atoms with Crippen LogP contribution in [-0.4, -0.2) is 49.1 Å². The van der Waals surface area contributed by atoms with Crippen molar-refractivity contribution < 1.29 is 14.3 Å². The molecule has 0 radical (unpaired) electrons. The van der Waals surface area contributed by atoms with Gasteiger partial charge < -0.3 is 15.0 Å². The molecule has 5 nitrogen and oxygen atoms in total. The summed E-state index contributed by atoms with van der Waals surface area (Å²) in [4.78, 5) is 28.7. The Morgan fingerprint density at radius 2 is 1.92 bits per heavy atom. The highest BCUT2D eigenvalue weighted by molar-refractivity contribution is 7.09. The smallest absolute Gasteiger partial charge is 0.246 e.